The van der Waals surface area contributed by atoms with Crippen LogP contribution in [0.3, 0.4) is 0 Å². The lowest BCUT2D eigenvalue weighted by atomic mass is 10.0. The molecule has 1 aliphatic heterocycles. The first-order valence-corrected chi connectivity index (χ1v) is 11.1. The molecule has 5 rings (SSSR count). The molecule has 8 heteroatoms. The minimum Gasteiger partial charge on any atom is -0.490 e. The Morgan fingerprint density at radius 1 is 1.30 bits per heavy atom. The van der Waals surface area contributed by atoms with Crippen LogP contribution in [-0.2, 0) is 11.2 Å². The summed E-state index contributed by atoms with van der Waals surface area (Å²) in [7, 11) is 0. The van der Waals surface area contributed by atoms with Crippen molar-refractivity contribution in [2.75, 3.05) is 13.2 Å². The highest BCUT2D eigenvalue weighted by Gasteiger charge is 2.46. The lowest BCUT2D eigenvalue weighted by Gasteiger charge is -2.24. The minimum atomic E-state index is -0.0517. The third-order valence-electron chi connectivity index (χ3n) is 6.25. The topological polar surface area (TPSA) is 112 Å². The van der Waals surface area contributed by atoms with Gasteiger partial charge >= 0.3 is 0 Å². The average Bonchev–Trinajstić information content (AvgIpc) is 3.49. The van der Waals surface area contributed by atoms with Crippen molar-refractivity contribution in [3.63, 3.8) is 0 Å². The van der Waals surface area contributed by atoms with Gasteiger partial charge in [0.05, 0.1) is 24.3 Å². The van der Waals surface area contributed by atoms with E-state index >= 15 is 0 Å². The molecule has 2 aliphatic rings. The van der Waals surface area contributed by atoms with E-state index in [0.717, 1.165) is 23.1 Å². The molecule has 3 aromatic rings. The molecule has 0 radical (unpaired) electrons. The number of hydrogen-bond acceptors (Lipinski definition) is 7. The average molecular weight is 444 g/mol. The van der Waals surface area contributed by atoms with Gasteiger partial charge in [0.2, 0.25) is 11.7 Å². The van der Waals surface area contributed by atoms with Crippen LogP contribution < -0.4 is 4.74 Å². The predicted octanol–water partition coefficient (Wildman–Crippen LogP) is 3.50. The van der Waals surface area contributed by atoms with Gasteiger partial charge in [0.25, 0.3) is 5.89 Å². The van der Waals surface area contributed by atoms with Crippen molar-refractivity contribution >= 4 is 5.91 Å². The number of likely N-dealkylation sites (tertiary alicyclic amines) is 1. The zero-order chi connectivity index (χ0) is 23.1. The Hall–Kier alpha value is -3.70. The van der Waals surface area contributed by atoms with Gasteiger partial charge in [0.15, 0.2) is 0 Å². The number of aromatic nitrogens is 2. The normalized spacial score (nSPS) is 19.0. The van der Waals surface area contributed by atoms with Crippen LogP contribution in [-0.4, -0.2) is 45.3 Å². The van der Waals surface area contributed by atoms with Gasteiger partial charge in [-0.3, -0.25) is 4.79 Å². The Balaban J connectivity index is 1.48. The lowest BCUT2D eigenvalue weighted by molar-refractivity contribution is -0.129. The fourth-order valence-electron chi connectivity index (χ4n) is 4.98. The van der Waals surface area contributed by atoms with Crippen molar-refractivity contribution in [1.82, 2.24) is 15.0 Å². The Labute approximate surface area is 191 Å². The smallest absolute Gasteiger partial charge is 0.258 e. The van der Waals surface area contributed by atoms with Crippen LogP contribution in [0.15, 0.2) is 40.9 Å². The van der Waals surface area contributed by atoms with Crippen molar-refractivity contribution in [2.24, 2.45) is 5.92 Å². The number of amides is 1. The van der Waals surface area contributed by atoms with E-state index in [1.807, 2.05) is 32.0 Å². The number of aliphatic hydroxyl groups excluding tert-OH is 1. The molecule has 1 amide bonds. The molecule has 1 unspecified atom stereocenters. The third-order valence-corrected chi connectivity index (χ3v) is 6.25. The van der Waals surface area contributed by atoms with Crippen LogP contribution in [0.2, 0.25) is 0 Å². The monoisotopic (exact) mass is 444 g/mol. The van der Waals surface area contributed by atoms with Crippen molar-refractivity contribution < 1.29 is 19.2 Å². The fourth-order valence-corrected chi connectivity index (χ4v) is 4.98. The van der Waals surface area contributed by atoms with Gasteiger partial charge in [-0.15, -0.1) is 0 Å². The Morgan fingerprint density at radius 2 is 2.15 bits per heavy atom. The number of aliphatic hydroxyl groups is 1. The maximum Gasteiger partial charge on any atom is 0.258 e. The Morgan fingerprint density at radius 3 is 2.91 bits per heavy atom. The van der Waals surface area contributed by atoms with E-state index in [0.29, 0.717) is 41.6 Å². The van der Waals surface area contributed by atoms with E-state index in [1.165, 1.54) is 0 Å². The van der Waals surface area contributed by atoms with Gasteiger partial charge in [0, 0.05) is 24.1 Å². The highest BCUT2D eigenvalue weighted by Crippen LogP contribution is 2.49. The summed E-state index contributed by atoms with van der Waals surface area (Å²) in [5, 5.41) is 23.1. The molecule has 1 saturated heterocycles. The maximum atomic E-state index is 12.4. The SMILES string of the molecule is CC(C)Oc1ccc(-c2nc(-c3cccc4c3CC3CC(=O)N(CCO)[C@H]43)no2)cc1C#N. The second-order valence-corrected chi connectivity index (χ2v) is 8.71. The molecule has 0 bridgehead atoms. The quantitative estimate of drug-likeness (QED) is 0.619. The van der Waals surface area contributed by atoms with Gasteiger partial charge in [-0.05, 0) is 55.5 Å². The largest absolute Gasteiger partial charge is 0.490 e. The molecule has 8 nitrogen and oxygen atoms in total. The molecular formula is C25H24N4O4. The predicted molar refractivity (Wildman–Crippen MR) is 119 cm³/mol. The summed E-state index contributed by atoms with van der Waals surface area (Å²) < 4.78 is 11.2. The Bertz CT molecular complexity index is 1260. The highest BCUT2D eigenvalue weighted by atomic mass is 16.5. The number of hydrogen-bond donors (Lipinski definition) is 1. The molecule has 0 saturated carbocycles. The zero-order valence-electron chi connectivity index (χ0n) is 18.5. The summed E-state index contributed by atoms with van der Waals surface area (Å²) in [4.78, 5) is 18.8. The third kappa shape index (κ3) is 3.64. The Kier molecular flexibility index (Phi) is 5.35. The van der Waals surface area contributed by atoms with E-state index in [2.05, 4.69) is 16.2 Å². The second-order valence-electron chi connectivity index (χ2n) is 8.71. The number of carbonyl (C=O) groups is 1. The van der Waals surface area contributed by atoms with Crippen molar-refractivity contribution in [2.45, 2.75) is 38.8 Å². The van der Waals surface area contributed by atoms with Crippen LogP contribution in [0.1, 0.15) is 43.0 Å². The number of rotatable bonds is 6. The first kappa shape index (κ1) is 21.2. The van der Waals surface area contributed by atoms with Crippen LogP contribution in [0.25, 0.3) is 22.8 Å². The molecule has 1 N–H and O–H groups in total. The fraction of sp³-hybridized carbons (Fsp3) is 0.360. The van der Waals surface area contributed by atoms with Crippen LogP contribution >= 0.6 is 0 Å². The van der Waals surface area contributed by atoms with Crippen molar-refractivity contribution in [3.05, 3.63) is 53.1 Å². The molecule has 0 spiro atoms. The molecule has 1 fully saturated rings. The number of benzene rings is 2. The summed E-state index contributed by atoms with van der Waals surface area (Å²) in [5.41, 5.74) is 4.14. The first-order chi connectivity index (χ1) is 16.0. The number of β-amino-alcohol motifs (C(OH)–C–C–N with tert-alkyl or cyclic N) is 1. The van der Waals surface area contributed by atoms with Crippen LogP contribution in [0.5, 0.6) is 5.75 Å². The zero-order valence-corrected chi connectivity index (χ0v) is 18.5. The lowest BCUT2D eigenvalue weighted by Crippen LogP contribution is -2.30. The van der Waals surface area contributed by atoms with Gasteiger partial charge in [0.1, 0.15) is 11.8 Å². The molecule has 2 heterocycles. The number of ether oxygens (including phenoxy) is 1. The van der Waals surface area contributed by atoms with Gasteiger partial charge in [-0.2, -0.15) is 10.2 Å². The van der Waals surface area contributed by atoms with Crippen molar-refractivity contribution in [3.8, 4) is 34.7 Å². The van der Waals surface area contributed by atoms with E-state index in [4.69, 9.17) is 9.26 Å². The highest BCUT2D eigenvalue weighted by molar-refractivity contribution is 5.81. The summed E-state index contributed by atoms with van der Waals surface area (Å²) in [6, 6.07) is 13.3. The number of nitrogens with zero attached hydrogens (tertiary/aromatic N) is 4. The van der Waals surface area contributed by atoms with Crippen LogP contribution in [0.4, 0.5) is 0 Å². The maximum absolute atomic E-state index is 12.4. The van der Waals surface area contributed by atoms with E-state index in [1.54, 1.807) is 23.1 Å². The standard InChI is InChI=1S/C25H24N4O4/c1-14(2)32-21-7-6-15(10-17(21)13-26)25-27-24(28-33-25)19-5-3-4-18-20(19)11-16-12-22(31)29(8-9-30)23(16)18/h3-7,10,14,16,23,30H,8-9,11-12H2,1-2H3/t16?,23-/m0/s1. The first-order valence-electron chi connectivity index (χ1n) is 11.1. The molecule has 33 heavy (non-hydrogen) atoms. The summed E-state index contributed by atoms with van der Waals surface area (Å²) in [6.07, 6.45) is 1.20. The van der Waals surface area contributed by atoms with Crippen molar-refractivity contribution in [1.29, 1.82) is 5.26 Å². The molecule has 168 valence electrons. The van der Waals surface area contributed by atoms with E-state index < -0.39 is 0 Å². The summed E-state index contributed by atoms with van der Waals surface area (Å²) >= 11 is 0. The van der Waals surface area contributed by atoms with Gasteiger partial charge in [-0.1, -0.05) is 23.4 Å². The summed E-state index contributed by atoms with van der Waals surface area (Å²) in [5.74, 6) is 1.60. The summed E-state index contributed by atoms with van der Waals surface area (Å²) in [6.45, 7) is 4.10. The van der Waals surface area contributed by atoms with E-state index in [-0.39, 0.29) is 30.6 Å². The molecule has 2 aromatic carbocycles. The van der Waals surface area contributed by atoms with Gasteiger partial charge in [-0.25, -0.2) is 0 Å². The molecule has 1 aliphatic carbocycles. The number of nitriles is 1. The molecule has 2 atom stereocenters. The van der Waals surface area contributed by atoms with E-state index in [9.17, 15) is 15.2 Å². The van der Waals surface area contributed by atoms with Crippen LogP contribution in [0, 0.1) is 17.2 Å². The van der Waals surface area contributed by atoms with Gasteiger partial charge < -0.3 is 19.3 Å². The number of carbonyl (C=O) groups excluding carboxylic acids is 1. The number of fused-ring (bicyclic) bond motifs is 3. The molecular weight excluding hydrogens is 420 g/mol. The minimum absolute atomic E-state index is 0.0161. The molecule has 1 aromatic heterocycles. The second kappa shape index (κ2) is 8.34.